The third-order valence-corrected chi connectivity index (χ3v) is 2.12. The van der Waals surface area contributed by atoms with Crippen LogP contribution in [0.25, 0.3) is 0 Å². The average molecular weight is 188 g/mol. The zero-order valence-electron chi connectivity index (χ0n) is 6.22. The van der Waals surface area contributed by atoms with E-state index in [1.807, 2.05) is 17.1 Å². The average Bonchev–Trinajstić information content (AvgIpc) is 2.40. The van der Waals surface area contributed by atoms with Crippen LogP contribution in [0.5, 0.6) is 0 Å². The highest BCUT2D eigenvalue weighted by Crippen LogP contribution is 2.05. The van der Waals surface area contributed by atoms with Crippen LogP contribution >= 0.6 is 25.3 Å². The van der Waals surface area contributed by atoms with E-state index in [-0.39, 0.29) is 0 Å². The molecule has 0 saturated heterocycles. The number of thiol groups is 2. The first kappa shape index (κ1) is 9.00. The molecule has 0 aliphatic rings. The number of imidazole rings is 1. The predicted molar refractivity (Wildman–Crippen MR) is 53.5 cm³/mol. The van der Waals surface area contributed by atoms with Crippen molar-refractivity contribution in [2.24, 2.45) is 0 Å². The van der Waals surface area contributed by atoms with Gasteiger partial charge >= 0.3 is 0 Å². The van der Waals surface area contributed by atoms with Gasteiger partial charge in [0.15, 0.2) is 0 Å². The van der Waals surface area contributed by atoms with Crippen LogP contribution in [-0.2, 0) is 6.54 Å². The fraction of sp³-hybridized carbons (Fsp3) is 0.571. The highest BCUT2D eigenvalue weighted by Gasteiger charge is 2.01. The minimum atomic E-state index is 0.390. The summed E-state index contributed by atoms with van der Waals surface area (Å²) in [4.78, 5) is 3.95. The molecule has 1 unspecified atom stereocenters. The second-order valence-corrected chi connectivity index (χ2v) is 3.60. The number of hydrogen-bond acceptors (Lipinski definition) is 3. The van der Waals surface area contributed by atoms with Crippen LogP contribution in [0.15, 0.2) is 18.7 Å². The summed E-state index contributed by atoms with van der Waals surface area (Å²) < 4.78 is 2.03. The Hall–Kier alpha value is -0.0900. The van der Waals surface area contributed by atoms with E-state index in [0.717, 1.165) is 18.7 Å². The molecule has 0 fully saturated rings. The lowest BCUT2D eigenvalue weighted by molar-refractivity contribution is 0.653. The first-order chi connectivity index (χ1) is 5.33. The molecule has 0 aromatic carbocycles. The summed E-state index contributed by atoms with van der Waals surface area (Å²) in [7, 11) is 0. The standard InChI is InChI=1S/C7H12N2S2/c10-4-1-7(11)5-9-3-2-8-6-9/h2-3,6-7,10-11H,1,4-5H2. The Morgan fingerprint density at radius 1 is 1.55 bits per heavy atom. The second kappa shape index (κ2) is 4.72. The number of rotatable bonds is 4. The van der Waals surface area contributed by atoms with Crippen molar-refractivity contribution in [3.63, 3.8) is 0 Å². The fourth-order valence-corrected chi connectivity index (χ4v) is 1.71. The normalized spacial score (nSPS) is 13.3. The van der Waals surface area contributed by atoms with Crippen molar-refractivity contribution in [3.05, 3.63) is 18.7 Å². The largest absolute Gasteiger partial charge is 0.336 e. The van der Waals surface area contributed by atoms with Crippen LogP contribution < -0.4 is 0 Å². The molecular formula is C7H12N2S2. The van der Waals surface area contributed by atoms with Gasteiger partial charge in [0, 0.05) is 24.2 Å². The monoisotopic (exact) mass is 188 g/mol. The number of nitrogens with zero attached hydrogens (tertiary/aromatic N) is 2. The molecule has 1 rings (SSSR count). The van der Waals surface area contributed by atoms with E-state index in [1.54, 1.807) is 6.20 Å². The Morgan fingerprint density at radius 3 is 2.91 bits per heavy atom. The van der Waals surface area contributed by atoms with Gasteiger partial charge < -0.3 is 4.57 Å². The highest BCUT2D eigenvalue weighted by atomic mass is 32.1. The molecule has 0 aliphatic carbocycles. The van der Waals surface area contributed by atoms with E-state index in [1.165, 1.54) is 0 Å². The molecule has 0 aliphatic heterocycles. The Morgan fingerprint density at radius 2 is 2.36 bits per heavy atom. The van der Waals surface area contributed by atoms with Crippen LogP contribution in [0.1, 0.15) is 6.42 Å². The minimum absolute atomic E-state index is 0.390. The maximum absolute atomic E-state index is 4.40. The van der Waals surface area contributed by atoms with Crippen molar-refractivity contribution in [1.29, 1.82) is 0 Å². The van der Waals surface area contributed by atoms with Crippen molar-refractivity contribution in [3.8, 4) is 0 Å². The lowest BCUT2D eigenvalue weighted by Crippen LogP contribution is -2.09. The van der Waals surface area contributed by atoms with Gasteiger partial charge in [-0.05, 0) is 12.2 Å². The van der Waals surface area contributed by atoms with Gasteiger partial charge in [-0.15, -0.1) is 0 Å². The second-order valence-electron chi connectivity index (χ2n) is 2.43. The molecule has 0 spiro atoms. The van der Waals surface area contributed by atoms with E-state index < -0.39 is 0 Å². The molecule has 62 valence electrons. The van der Waals surface area contributed by atoms with Gasteiger partial charge in [-0.3, -0.25) is 0 Å². The minimum Gasteiger partial charge on any atom is -0.336 e. The van der Waals surface area contributed by atoms with Crippen molar-refractivity contribution >= 4 is 25.3 Å². The van der Waals surface area contributed by atoms with Crippen molar-refractivity contribution < 1.29 is 0 Å². The van der Waals surface area contributed by atoms with Crippen LogP contribution in [0.4, 0.5) is 0 Å². The highest BCUT2D eigenvalue weighted by molar-refractivity contribution is 7.81. The molecular weight excluding hydrogens is 176 g/mol. The molecule has 1 heterocycles. The SMILES string of the molecule is SCCC(S)Cn1ccnc1. The molecule has 0 N–H and O–H groups in total. The Bertz CT molecular complexity index is 186. The van der Waals surface area contributed by atoms with Crippen LogP contribution in [0.2, 0.25) is 0 Å². The lowest BCUT2D eigenvalue weighted by atomic mass is 10.3. The molecule has 0 saturated carbocycles. The van der Waals surface area contributed by atoms with Crippen LogP contribution in [0, 0.1) is 0 Å². The lowest BCUT2D eigenvalue weighted by Gasteiger charge is -2.08. The van der Waals surface area contributed by atoms with E-state index in [0.29, 0.717) is 5.25 Å². The van der Waals surface area contributed by atoms with Crippen molar-refractivity contribution in [2.45, 2.75) is 18.2 Å². The maximum Gasteiger partial charge on any atom is 0.0946 e. The topological polar surface area (TPSA) is 17.8 Å². The zero-order valence-corrected chi connectivity index (χ0v) is 8.01. The quantitative estimate of drug-likeness (QED) is 0.685. The number of hydrogen-bond donors (Lipinski definition) is 2. The smallest absolute Gasteiger partial charge is 0.0946 e. The molecule has 0 amide bonds. The summed E-state index contributed by atoms with van der Waals surface area (Å²) in [5.74, 6) is 0.892. The first-order valence-electron chi connectivity index (χ1n) is 3.57. The van der Waals surface area contributed by atoms with Gasteiger partial charge in [-0.1, -0.05) is 0 Å². The third kappa shape index (κ3) is 3.20. The van der Waals surface area contributed by atoms with Crippen molar-refractivity contribution in [2.75, 3.05) is 5.75 Å². The van der Waals surface area contributed by atoms with Gasteiger partial charge in [0.25, 0.3) is 0 Å². The van der Waals surface area contributed by atoms with Gasteiger partial charge in [-0.2, -0.15) is 25.3 Å². The molecule has 2 nitrogen and oxygen atoms in total. The van der Waals surface area contributed by atoms with E-state index in [9.17, 15) is 0 Å². The molecule has 0 radical (unpaired) electrons. The summed E-state index contributed by atoms with van der Waals surface area (Å²) in [5, 5.41) is 0.390. The molecule has 1 aromatic heterocycles. The Balaban J connectivity index is 2.31. The summed E-state index contributed by atoms with van der Waals surface area (Å²) in [5.41, 5.74) is 0. The summed E-state index contributed by atoms with van der Waals surface area (Å²) in [6, 6.07) is 0. The summed E-state index contributed by atoms with van der Waals surface area (Å²) in [6.07, 6.45) is 6.56. The molecule has 1 aromatic rings. The van der Waals surface area contributed by atoms with Gasteiger partial charge in [-0.25, -0.2) is 4.98 Å². The Kier molecular flexibility index (Phi) is 3.86. The van der Waals surface area contributed by atoms with E-state index in [4.69, 9.17) is 0 Å². The van der Waals surface area contributed by atoms with Crippen molar-refractivity contribution in [1.82, 2.24) is 9.55 Å². The third-order valence-electron chi connectivity index (χ3n) is 1.44. The van der Waals surface area contributed by atoms with E-state index in [2.05, 4.69) is 30.2 Å². The molecule has 1 atom stereocenters. The van der Waals surface area contributed by atoms with E-state index >= 15 is 0 Å². The summed E-state index contributed by atoms with van der Waals surface area (Å²) in [6.45, 7) is 0.920. The predicted octanol–water partition coefficient (Wildman–Crippen LogP) is 1.50. The van der Waals surface area contributed by atoms with Gasteiger partial charge in [0.1, 0.15) is 0 Å². The molecule has 11 heavy (non-hydrogen) atoms. The fourth-order valence-electron chi connectivity index (χ4n) is 0.878. The van der Waals surface area contributed by atoms with Gasteiger partial charge in [0.2, 0.25) is 0 Å². The Labute approximate surface area is 77.8 Å². The number of aromatic nitrogens is 2. The maximum atomic E-state index is 4.40. The molecule has 0 bridgehead atoms. The van der Waals surface area contributed by atoms with Crippen LogP contribution in [0.3, 0.4) is 0 Å². The zero-order chi connectivity index (χ0) is 8.10. The summed E-state index contributed by atoms with van der Waals surface area (Å²) >= 11 is 8.54. The van der Waals surface area contributed by atoms with Crippen LogP contribution in [-0.4, -0.2) is 20.6 Å². The molecule has 4 heteroatoms. The first-order valence-corrected chi connectivity index (χ1v) is 4.72. The van der Waals surface area contributed by atoms with Gasteiger partial charge in [0.05, 0.1) is 6.33 Å².